The van der Waals surface area contributed by atoms with Crippen LogP contribution in [0, 0.1) is 0 Å². The van der Waals surface area contributed by atoms with E-state index in [-0.39, 0.29) is 0 Å². The monoisotopic (exact) mass is 317 g/mol. The van der Waals surface area contributed by atoms with Crippen molar-refractivity contribution in [3.05, 3.63) is 52.4 Å². The molecule has 3 heterocycles. The van der Waals surface area contributed by atoms with Gasteiger partial charge in [0.2, 0.25) is 0 Å². The fraction of sp³-hybridized carbons (Fsp3) is 0.0714. The zero-order valence-electron chi connectivity index (χ0n) is 10.8. The van der Waals surface area contributed by atoms with Gasteiger partial charge in [0, 0.05) is 27.8 Å². The number of fused-ring (bicyclic) bond motifs is 1. The highest BCUT2D eigenvalue weighted by Gasteiger charge is 2.06. The standard InChI is InChI=1S/C14H11N3O2S2/c18-13(19)7-6-10-4-5-11(21-10)9-20-14-16-15-12-3-1-2-8-17(12)14/h1-8H,9H2,(H,18,19). The van der Waals surface area contributed by atoms with E-state index in [0.717, 1.165) is 32.4 Å². The van der Waals surface area contributed by atoms with Crippen molar-refractivity contribution < 1.29 is 9.90 Å². The Labute approximate surface area is 129 Å². The quantitative estimate of drug-likeness (QED) is 0.578. The van der Waals surface area contributed by atoms with Crippen LogP contribution < -0.4 is 0 Å². The van der Waals surface area contributed by atoms with Gasteiger partial charge in [0.1, 0.15) is 0 Å². The van der Waals surface area contributed by atoms with E-state index in [0.29, 0.717) is 0 Å². The molecule has 0 aliphatic heterocycles. The van der Waals surface area contributed by atoms with Gasteiger partial charge in [0.15, 0.2) is 10.8 Å². The molecular formula is C14H11N3O2S2. The van der Waals surface area contributed by atoms with Gasteiger partial charge >= 0.3 is 5.97 Å². The summed E-state index contributed by atoms with van der Waals surface area (Å²) in [5.74, 6) is -0.157. The summed E-state index contributed by atoms with van der Waals surface area (Å²) in [5.41, 5.74) is 0.830. The molecule has 0 saturated carbocycles. The summed E-state index contributed by atoms with van der Waals surface area (Å²) in [7, 11) is 0. The maximum Gasteiger partial charge on any atom is 0.328 e. The number of pyridine rings is 1. The highest BCUT2D eigenvalue weighted by atomic mass is 32.2. The van der Waals surface area contributed by atoms with Crippen molar-refractivity contribution in [2.45, 2.75) is 10.9 Å². The number of rotatable bonds is 5. The van der Waals surface area contributed by atoms with Gasteiger partial charge in [0.25, 0.3) is 0 Å². The van der Waals surface area contributed by atoms with Crippen LogP contribution in [0.25, 0.3) is 11.7 Å². The Hall–Kier alpha value is -2.12. The van der Waals surface area contributed by atoms with Crippen LogP contribution in [0.5, 0.6) is 0 Å². The summed E-state index contributed by atoms with van der Waals surface area (Å²) in [5, 5.41) is 17.7. The molecule has 0 atom stereocenters. The second-order valence-electron chi connectivity index (χ2n) is 4.18. The zero-order chi connectivity index (χ0) is 14.7. The average molecular weight is 317 g/mol. The van der Waals surface area contributed by atoms with Crippen molar-refractivity contribution in [2.75, 3.05) is 0 Å². The van der Waals surface area contributed by atoms with Crippen molar-refractivity contribution in [3.63, 3.8) is 0 Å². The van der Waals surface area contributed by atoms with Crippen LogP contribution in [-0.4, -0.2) is 25.7 Å². The molecule has 0 bridgehead atoms. The van der Waals surface area contributed by atoms with Crippen molar-refractivity contribution in [2.24, 2.45) is 0 Å². The molecule has 21 heavy (non-hydrogen) atoms. The predicted molar refractivity (Wildman–Crippen MR) is 83.5 cm³/mol. The lowest BCUT2D eigenvalue weighted by atomic mass is 10.4. The van der Waals surface area contributed by atoms with E-state index >= 15 is 0 Å². The normalized spacial score (nSPS) is 11.4. The maximum absolute atomic E-state index is 10.5. The Kier molecular flexibility index (Phi) is 4.03. The Morgan fingerprint density at radius 2 is 2.24 bits per heavy atom. The van der Waals surface area contributed by atoms with Crippen LogP contribution in [0.15, 0.2) is 47.8 Å². The largest absolute Gasteiger partial charge is 0.478 e. The number of carboxylic acid groups (broad SMARTS) is 1. The number of nitrogens with zero attached hydrogens (tertiary/aromatic N) is 3. The molecule has 0 fully saturated rings. The summed E-state index contributed by atoms with van der Waals surface area (Å²) in [6.45, 7) is 0. The minimum atomic E-state index is -0.936. The summed E-state index contributed by atoms with van der Waals surface area (Å²) in [6, 6.07) is 9.71. The molecule has 7 heteroatoms. The number of thioether (sulfide) groups is 1. The molecule has 0 radical (unpaired) electrons. The Morgan fingerprint density at radius 3 is 3.10 bits per heavy atom. The second kappa shape index (κ2) is 6.11. The molecular weight excluding hydrogens is 306 g/mol. The van der Waals surface area contributed by atoms with Crippen molar-refractivity contribution in [1.82, 2.24) is 14.6 Å². The van der Waals surface area contributed by atoms with Gasteiger partial charge in [-0.25, -0.2) is 4.79 Å². The first-order valence-electron chi connectivity index (χ1n) is 6.15. The van der Waals surface area contributed by atoms with Crippen LogP contribution in [-0.2, 0) is 10.5 Å². The van der Waals surface area contributed by atoms with Crippen molar-refractivity contribution in [1.29, 1.82) is 0 Å². The van der Waals surface area contributed by atoms with Crippen LogP contribution in [0.1, 0.15) is 9.75 Å². The number of carbonyl (C=O) groups is 1. The molecule has 0 aromatic carbocycles. The highest BCUT2D eigenvalue weighted by molar-refractivity contribution is 7.98. The molecule has 0 unspecified atom stereocenters. The summed E-state index contributed by atoms with van der Waals surface area (Å²) < 4.78 is 1.95. The molecule has 3 aromatic rings. The van der Waals surface area contributed by atoms with Gasteiger partial charge in [-0.3, -0.25) is 4.40 Å². The Morgan fingerprint density at radius 1 is 1.33 bits per heavy atom. The molecule has 0 spiro atoms. The van der Waals surface area contributed by atoms with Gasteiger partial charge in [0.05, 0.1) is 0 Å². The third-order valence-corrected chi connectivity index (χ3v) is 4.92. The van der Waals surface area contributed by atoms with Crippen molar-refractivity contribution >= 4 is 40.8 Å². The number of hydrogen-bond donors (Lipinski definition) is 1. The lowest BCUT2D eigenvalue weighted by molar-refractivity contribution is -0.131. The zero-order valence-corrected chi connectivity index (χ0v) is 12.5. The molecule has 3 aromatic heterocycles. The van der Waals surface area contributed by atoms with E-state index < -0.39 is 5.97 Å². The average Bonchev–Trinajstić information content (AvgIpc) is 3.10. The number of carboxylic acids is 1. The first-order chi connectivity index (χ1) is 10.2. The lowest BCUT2D eigenvalue weighted by Gasteiger charge is -1.97. The van der Waals surface area contributed by atoms with Crippen LogP contribution in [0.2, 0.25) is 0 Å². The third kappa shape index (κ3) is 3.32. The fourth-order valence-corrected chi connectivity index (χ4v) is 3.65. The van der Waals surface area contributed by atoms with Gasteiger partial charge in [-0.1, -0.05) is 17.8 Å². The molecule has 3 rings (SSSR count). The first-order valence-corrected chi connectivity index (χ1v) is 7.95. The number of aliphatic carboxylic acids is 1. The summed E-state index contributed by atoms with van der Waals surface area (Å²) in [4.78, 5) is 12.6. The van der Waals surface area contributed by atoms with E-state index in [1.54, 1.807) is 29.2 Å². The van der Waals surface area contributed by atoms with Crippen LogP contribution >= 0.6 is 23.1 Å². The van der Waals surface area contributed by atoms with Crippen LogP contribution in [0.3, 0.4) is 0 Å². The predicted octanol–water partition coefficient (Wildman–Crippen LogP) is 3.18. The second-order valence-corrected chi connectivity index (χ2v) is 6.32. The minimum Gasteiger partial charge on any atom is -0.478 e. The number of thiophene rings is 1. The maximum atomic E-state index is 10.5. The third-order valence-electron chi connectivity index (χ3n) is 2.70. The van der Waals surface area contributed by atoms with E-state index in [1.165, 1.54) is 0 Å². The van der Waals surface area contributed by atoms with Gasteiger partial charge in [-0.15, -0.1) is 21.5 Å². The van der Waals surface area contributed by atoms with Gasteiger partial charge in [-0.2, -0.15) is 0 Å². The van der Waals surface area contributed by atoms with E-state index in [1.807, 2.05) is 40.9 Å². The van der Waals surface area contributed by atoms with E-state index in [9.17, 15) is 4.79 Å². The SMILES string of the molecule is O=C(O)C=Cc1ccc(CSc2nnc3ccccn23)s1. The lowest BCUT2D eigenvalue weighted by Crippen LogP contribution is -1.86. The van der Waals surface area contributed by atoms with Crippen molar-refractivity contribution in [3.8, 4) is 0 Å². The van der Waals surface area contributed by atoms with Gasteiger partial charge < -0.3 is 5.11 Å². The van der Waals surface area contributed by atoms with E-state index in [4.69, 9.17) is 5.11 Å². The molecule has 0 aliphatic carbocycles. The van der Waals surface area contributed by atoms with Gasteiger partial charge in [-0.05, 0) is 30.3 Å². The summed E-state index contributed by atoms with van der Waals surface area (Å²) >= 11 is 3.18. The Bertz CT molecular complexity index is 807. The molecule has 5 nitrogen and oxygen atoms in total. The molecule has 0 aliphatic rings. The molecule has 106 valence electrons. The topological polar surface area (TPSA) is 67.5 Å². The molecule has 0 saturated heterocycles. The smallest absolute Gasteiger partial charge is 0.328 e. The highest BCUT2D eigenvalue weighted by Crippen LogP contribution is 2.26. The summed E-state index contributed by atoms with van der Waals surface area (Å²) in [6.07, 6.45) is 4.69. The first kappa shape index (κ1) is 13.8. The van der Waals surface area contributed by atoms with E-state index in [2.05, 4.69) is 10.2 Å². The minimum absolute atomic E-state index is 0.779. The molecule has 1 N–H and O–H groups in total. The van der Waals surface area contributed by atoms with Crippen LogP contribution in [0.4, 0.5) is 0 Å². The Balaban J connectivity index is 1.69. The fourth-order valence-electron chi connectivity index (χ4n) is 1.77. The molecule has 0 amide bonds. The number of hydrogen-bond acceptors (Lipinski definition) is 5. The number of aromatic nitrogens is 3.